The number of nitrogens with zero attached hydrogens (tertiary/aromatic N) is 2. The predicted octanol–water partition coefficient (Wildman–Crippen LogP) is -0.266. The number of hydrogen-bond donors (Lipinski definition) is 1. The summed E-state index contributed by atoms with van der Waals surface area (Å²) in [6, 6.07) is -0.661. The fourth-order valence-corrected chi connectivity index (χ4v) is 4.04. The van der Waals surface area contributed by atoms with Gasteiger partial charge in [-0.15, -0.1) is 0 Å². The number of carboxylic acid groups (broad SMARTS) is 1. The van der Waals surface area contributed by atoms with Gasteiger partial charge in [0.15, 0.2) is 0 Å². The first-order valence-corrected chi connectivity index (χ1v) is 8.64. The molecule has 114 valence electrons. The number of hydrogen-bond acceptors (Lipinski definition) is 4. The van der Waals surface area contributed by atoms with Crippen LogP contribution in [0.4, 0.5) is 0 Å². The van der Waals surface area contributed by atoms with E-state index in [-0.39, 0.29) is 12.5 Å². The molecule has 1 amide bonds. The third-order valence-corrected chi connectivity index (χ3v) is 5.30. The highest BCUT2D eigenvalue weighted by atomic mass is 32.2. The zero-order chi connectivity index (χ0) is 14.9. The molecule has 20 heavy (non-hydrogen) atoms. The molecule has 2 rings (SSSR count). The first-order chi connectivity index (χ1) is 9.30. The Morgan fingerprint density at radius 1 is 1.15 bits per heavy atom. The standard InChI is InChI=1S/C12H20N2O5S/c1-20(18,19)14-6-3-2-4-10(14)11(15)13-7-5-9(8-13)12(16)17/h9-10H,2-8H2,1H3,(H,16,17). The van der Waals surface area contributed by atoms with E-state index in [9.17, 15) is 18.0 Å². The van der Waals surface area contributed by atoms with E-state index in [4.69, 9.17) is 5.11 Å². The highest BCUT2D eigenvalue weighted by Gasteiger charge is 2.39. The number of amides is 1. The van der Waals surface area contributed by atoms with Crippen molar-refractivity contribution in [3.8, 4) is 0 Å². The number of likely N-dealkylation sites (tertiary alicyclic amines) is 1. The monoisotopic (exact) mass is 304 g/mol. The normalized spacial score (nSPS) is 28.6. The molecule has 2 heterocycles. The topological polar surface area (TPSA) is 95.0 Å². The molecule has 0 aromatic rings. The van der Waals surface area contributed by atoms with Gasteiger partial charge in [-0.2, -0.15) is 4.31 Å². The summed E-state index contributed by atoms with van der Waals surface area (Å²) in [5.41, 5.74) is 0. The van der Waals surface area contributed by atoms with Crippen LogP contribution in [0.25, 0.3) is 0 Å². The third kappa shape index (κ3) is 3.12. The second-order valence-electron chi connectivity index (χ2n) is 5.49. The maximum atomic E-state index is 12.5. The van der Waals surface area contributed by atoms with E-state index in [0.717, 1.165) is 19.1 Å². The van der Waals surface area contributed by atoms with E-state index < -0.39 is 28.0 Å². The Morgan fingerprint density at radius 2 is 1.85 bits per heavy atom. The molecular weight excluding hydrogens is 284 g/mol. The molecule has 1 N–H and O–H groups in total. The lowest BCUT2D eigenvalue weighted by Crippen LogP contribution is -2.52. The van der Waals surface area contributed by atoms with E-state index in [1.807, 2.05) is 0 Å². The Labute approximate surface area is 118 Å². The highest BCUT2D eigenvalue weighted by Crippen LogP contribution is 2.24. The lowest BCUT2D eigenvalue weighted by molar-refractivity contribution is -0.141. The van der Waals surface area contributed by atoms with E-state index in [1.54, 1.807) is 0 Å². The van der Waals surface area contributed by atoms with Crippen molar-refractivity contribution in [3.63, 3.8) is 0 Å². The summed E-state index contributed by atoms with van der Waals surface area (Å²) in [5.74, 6) is -1.68. The fraction of sp³-hybridized carbons (Fsp3) is 0.833. The Morgan fingerprint density at radius 3 is 2.40 bits per heavy atom. The lowest BCUT2D eigenvalue weighted by Gasteiger charge is -2.34. The number of carbonyl (C=O) groups is 2. The summed E-state index contributed by atoms with van der Waals surface area (Å²) in [7, 11) is -3.41. The molecule has 0 saturated carbocycles. The number of carboxylic acids is 1. The van der Waals surface area contributed by atoms with Gasteiger partial charge in [-0.3, -0.25) is 9.59 Å². The second kappa shape index (κ2) is 5.69. The summed E-state index contributed by atoms with van der Waals surface area (Å²) in [6.45, 7) is 0.942. The quantitative estimate of drug-likeness (QED) is 0.774. The Hall–Kier alpha value is -1.15. The van der Waals surface area contributed by atoms with Crippen molar-refractivity contribution in [2.45, 2.75) is 31.7 Å². The molecule has 2 aliphatic heterocycles. The molecule has 0 spiro atoms. The van der Waals surface area contributed by atoms with E-state index in [0.29, 0.717) is 25.9 Å². The van der Waals surface area contributed by atoms with Crippen LogP contribution in [0, 0.1) is 5.92 Å². The van der Waals surface area contributed by atoms with Crippen molar-refractivity contribution in [1.82, 2.24) is 9.21 Å². The third-order valence-electron chi connectivity index (χ3n) is 4.01. The molecule has 2 unspecified atom stereocenters. The van der Waals surface area contributed by atoms with Gasteiger partial charge in [-0.25, -0.2) is 8.42 Å². The van der Waals surface area contributed by atoms with E-state index in [1.165, 1.54) is 9.21 Å². The molecule has 0 aromatic carbocycles. The van der Waals surface area contributed by atoms with Gasteiger partial charge in [-0.1, -0.05) is 6.42 Å². The van der Waals surface area contributed by atoms with Gasteiger partial charge in [0, 0.05) is 19.6 Å². The van der Waals surface area contributed by atoms with Crippen molar-refractivity contribution in [2.24, 2.45) is 5.92 Å². The number of carbonyl (C=O) groups excluding carboxylic acids is 1. The number of aliphatic carboxylic acids is 1. The smallest absolute Gasteiger partial charge is 0.308 e. The lowest BCUT2D eigenvalue weighted by atomic mass is 10.0. The maximum absolute atomic E-state index is 12.5. The van der Waals surface area contributed by atoms with Gasteiger partial charge in [0.25, 0.3) is 0 Å². The van der Waals surface area contributed by atoms with Gasteiger partial charge in [-0.05, 0) is 19.3 Å². The summed E-state index contributed by atoms with van der Waals surface area (Å²) >= 11 is 0. The second-order valence-corrected chi connectivity index (χ2v) is 7.43. The summed E-state index contributed by atoms with van der Waals surface area (Å²) < 4.78 is 24.8. The van der Waals surface area contributed by atoms with E-state index in [2.05, 4.69) is 0 Å². The molecule has 0 bridgehead atoms. The predicted molar refractivity (Wildman–Crippen MR) is 71.5 cm³/mol. The maximum Gasteiger partial charge on any atom is 0.308 e. The zero-order valence-corrected chi connectivity index (χ0v) is 12.3. The van der Waals surface area contributed by atoms with Gasteiger partial charge >= 0.3 is 5.97 Å². The van der Waals surface area contributed by atoms with Gasteiger partial charge in [0.05, 0.1) is 12.2 Å². The fourth-order valence-electron chi connectivity index (χ4n) is 2.92. The van der Waals surface area contributed by atoms with Gasteiger partial charge in [0.2, 0.25) is 15.9 Å². The zero-order valence-electron chi connectivity index (χ0n) is 11.5. The largest absolute Gasteiger partial charge is 0.481 e. The molecule has 7 nitrogen and oxygen atoms in total. The van der Waals surface area contributed by atoms with E-state index >= 15 is 0 Å². The number of piperidine rings is 1. The summed E-state index contributed by atoms with van der Waals surface area (Å²) in [4.78, 5) is 24.9. The molecule has 2 aliphatic rings. The first kappa shape index (κ1) is 15.2. The van der Waals surface area contributed by atoms with Crippen molar-refractivity contribution < 1.29 is 23.1 Å². The van der Waals surface area contributed by atoms with Crippen LogP contribution in [0.5, 0.6) is 0 Å². The summed E-state index contributed by atoms with van der Waals surface area (Å²) in [5, 5.41) is 8.96. The Kier molecular flexibility index (Phi) is 4.33. The van der Waals surface area contributed by atoms with Crippen LogP contribution < -0.4 is 0 Å². The van der Waals surface area contributed by atoms with Crippen LogP contribution in [0.2, 0.25) is 0 Å². The van der Waals surface area contributed by atoms with Crippen molar-refractivity contribution in [3.05, 3.63) is 0 Å². The van der Waals surface area contributed by atoms with Crippen LogP contribution in [-0.2, 0) is 19.6 Å². The van der Waals surface area contributed by atoms with Gasteiger partial charge < -0.3 is 10.0 Å². The average molecular weight is 304 g/mol. The molecule has 2 fully saturated rings. The number of rotatable bonds is 3. The summed E-state index contributed by atoms with van der Waals surface area (Å²) in [6.07, 6.45) is 3.64. The van der Waals surface area contributed by atoms with Crippen LogP contribution in [0.1, 0.15) is 25.7 Å². The van der Waals surface area contributed by atoms with Crippen LogP contribution >= 0.6 is 0 Å². The van der Waals surface area contributed by atoms with Gasteiger partial charge in [0.1, 0.15) is 6.04 Å². The minimum absolute atomic E-state index is 0.183. The molecule has 0 aliphatic carbocycles. The minimum Gasteiger partial charge on any atom is -0.481 e. The van der Waals surface area contributed by atoms with Crippen LogP contribution in [-0.4, -0.2) is 66.5 Å². The van der Waals surface area contributed by atoms with Crippen LogP contribution in [0.3, 0.4) is 0 Å². The Balaban J connectivity index is 2.09. The average Bonchev–Trinajstić information content (AvgIpc) is 2.86. The molecular formula is C12H20N2O5S. The van der Waals surface area contributed by atoms with Crippen molar-refractivity contribution in [2.75, 3.05) is 25.9 Å². The minimum atomic E-state index is -3.41. The van der Waals surface area contributed by atoms with Crippen molar-refractivity contribution >= 4 is 21.9 Å². The number of sulfonamides is 1. The highest BCUT2D eigenvalue weighted by molar-refractivity contribution is 7.88. The molecule has 2 saturated heterocycles. The van der Waals surface area contributed by atoms with Crippen LogP contribution in [0.15, 0.2) is 0 Å². The molecule has 8 heteroatoms. The van der Waals surface area contributed by atoms with Crippen molar-refractivity contribution in [1.29, 1.82) is 0 Å². The molecule has 0 aromatic heterocycles. The first-order valence-electron chi connectivity index (χ1n) is 6.79. The SMILES string of the molecule is CS(=O)(=O)N1CCCCC1C(=O)N1CCC(C(=O)O)C1. The Bertz CT molecular complexity index is 504. The molecule has 2 atom stereocenters. The molecule has 0 radical (unpaired) electrons.